The summed E-state index contributed by atoms with van der Waals surface area (Å²) in [6.45, 7) is 4.67. The van der Waals surface area contributed by atoms with Gasteiger partial charge in [0.15, 0.2) is 17.3 Å². The maximum atomic E-state index is 12.5. The van der Waals surface area contributed by atoms with Gasteiger partial charge in [0.1, 0.15) is 23.9 Å². The van der Waals surface area contributed by atoms with E-state index in [1.54, 1.807) is 12.1 Å². The number of nitrogens with zero attached hydrogens (tertiary/aromatic N) is 5. The van der Waals surface area contributed by atoms with Gasteiger partial charge in [0, 0.05) is 38.6 Å². The molecule has 0 saturated carbocycles. The summed E-state index contributed by atoms with van der Waals surface area (Å²) in [6.07, 6.45) is 3.48. The second-order valence-corrected chi connectivity index (χ2v) is 12.2. The average Bonchev–Trinajstić information content (AvgIpc) is 2.92. The topological polar surface area (TPSA) is 112 Å². The predicted molar refractivity (Wildman–Crippen MR) is 162 cm³/mol. The molecule has 1 aliphatic heterocycles. The summed E-state index contributed by atoms with van der Waals surface area (Å²) in [6, 6.07) is 9.59. The zero-order valence-corrected chi connectivity index (χ0v) is 25.2. The van der Waals surface area contributed by atoms with Gasteiger partial charge in [-0.25, -0.2) is 13.4 Å². The zero-order chi connectivity index (χ0) is 29.0. The van der Waals surface area contributed by atoms with Crippen LogP contribution in [0.25, 0.3) is 0 Å². The fourth-order valence-electron chi connectivity index (χ4n) is 4.24. The molecule has 0 amide bonds. The zero-order valence-electron chi connectivity index (χ0n) is 23.7. The number of sulfonamides is 1. The van der Waals surface area contributed by atoms with Crippen LogP contribution in [0.1, 0.15) is 12.5 Å². The van der Waals surface area contributed by atoms with E-state index in [4.69, 9.17) is 21.1 Å². The van der Waals surface area contributed by atoms with Gasteiger partial charge in [0.25, 0.3) is 0 Å². The molecule has 216 valence electrons. The number of fused-ring (bicyclic) bond motifs is 1. The van der Waals surface area contributed by atoms with E-state index in [0.717, 1.165) is 35.8 Å². The van der Waals surface area contributed by atoms with E-state index in [2.05, 4.69) is 70.6 Å². The number of anilines is 6. The molecule has 4 rings (SSSR count). The minimum atomic E-state index is -3.61. The number of aryl methyl sites for hydroxylation is 1. The highest BCUT2D eigenvalue weighted by Crippen LogP contribution is 2.46. The maximum Gasteiger partial charge on any atom is 0.232 e. The molecule has 0 radical (unpaired) electrons. The number of rotatable bonds is 11. The Labute approximate surface area is 241 Å². The summed E-state index contributed by atoms with van der Waals surface area (Å²) in [4.78, 5) is 13.3. The second kappa shape index (κ2) is 12.4. The third-order valence-electron chi connectivity index (χ3n) is 6.50. The van der Waals surface area contributed by atoms with Gasteiger partial charge in [-0.2, -0.15) is 4.98 Å². The Morgan fingerprint density at radius 2 is 1.77 bits per heavy atom. The van der Waals surface area contributed by atoms with Crippen LogP contribution in [0, 0.1) is 0 Å². The first-order valence-corrected chi connectivity index (χ1v) is 15.1. The number of nitrogens with one attached hydrogen (secondary N) is 2. The maximum absolute atomic E-state index is 12.5. The van der Waals surface area contributed by atoms with Gasteiger partial charge in [-0.15, -0.1) is 0 Å². The third-order valence-corrected chi connectivity index (χ3v) is 7.96. The summed E-state index contributed by atoms with van der Waals surface area (Å²) >= 11 is 6.46. The Balaban J connectivity index is 1.62. The van der Waals surface area contributed by atoms with E-state index in [0.29, 0.717) is 47.9 Å². The number of aromatic nitrogens is 2. The molecule has 0 aliphatic carbocycles. The molecule has 13 heteroatoms. The van der Waals surface area contributed by atoms with Crippen LogP contribution in [0.3, 0.4) is 0 Å². The fourth-order valence-corrected chi connectivity index (χ4v) is 4.89. The molecule has 2 N–H and O–H groups in total. The largest absolute Gasteiger partial charge is 0.486 e. The molecule has 1 aromatic heterocycles. The molecule has 0 saturated heterocycles. The van der Waals surface area contributed by atoms with E-state index in [1.165, 1.54) is 24.5 Å². The summed E-state index contributed by atoms with van der Waals surface area (Å²) in [5, 5.41) is 6.69. The number of halogens is 1. The van der Waals surface area contributed by atoms with Crippen molar-refractivity contribution in [2.45, 2.75) is 13.3 Å². The van der Waals surface area contributed by atoms with Crippen LogP contribution in [0.5, 0.6) is 11.5 Å². The van der Waals surface area contributed by atoms with Crippen LogP contribution in [-0.4, -0.2) is 84.0 Å². The first-order chi connectivity index (χ1) is 19.0. The third kappa shape index (κ3) is 6.80. The monoisotopic (exact) mass is 589 g/mol. The Kier molecular flexibility index (Phi) is 9.12. The highest BCUT2D eigenvalue weighted by Gasteiger charge is 2.27. The minimum absolute atomic E-state index is 0.264. The summed E-state index contributed by atoms with van der Waals surface area (Å²) in [7, 11) is 4.07. The molecule has 2 heterocycles. The van der Waals surface area contributed by atoms with Gasteiger partial charge in [-0.1, -0.05) is 18.5 Å². The molecule has 0 atom stereocenters. The Morgan fingerprint density at radius 3 is 2.48 bits per heavy atom. The Morgan fingerprint density at radius 1 is 1.02 bits per heavy atom. The number of likely N-dealkylation sites (N-methyl/N-ethyl adjacent to an activating group) is 2. The SMILES string of the molecule is CCc1cc(Nc2ncc(Cl)c(Nc3ccc4c(c3N(C)S(C)(=O)=O)OCCO4)n2)ccc1N(C)CCN(C)C. The van der Waals surface area contributed by atoms with Crippen molar-refractivity contribution < 1.29 is 17.9 Å². The molecule has 0 bridgehead atoms. The average molecular weight is 590 g/mol. The molecule has 2 aromatic carbocycles. The van der Waals surface area contributed by atoms with Crippen molar-refractivity contribution in [3.05, 3.63) is 47.1 Å². The lowest BCUT2D eigenvalue weighted by Crippen LogP contribution is -2.29. The smallest absolute Gasteiger partial charge is 0.232 e. The second-order valence-electron chi connectivity index (χ2n) is 9.78. The number of hydrogen-bond donors (Lipinski definition) is 2. The number of hydrogen-bond acceptors (Lipinski definition) is 10. The fraction of sp³-hybridized carbons (Fsp3) is 0.407. The summed E-state index contributed by atoms with van der Waals surface area (Å²) < 4.78 is 37.5. The van der Waals surface area contributed by atoms with E-state index >= 15 is 0 Å². The normalized spacial score (nSPS) is 12.8. The van der Waals surface area contributed by atoms with Crippen molar-refractivity contribution in [1.82, 2.24) is 14.9 Å². The van der Waals surface area contributed by atoms with Gasteiger partial charge in [-0.05, 0) is 56.4 Å². The number of ether oxygens (including phenoxy) is 2. The first-order valence-electron chi connectivity index (χ1n) is 12.9. The van der Waals surface area contributed by atoms with E-state index in [9.17, 15) is 8.42 Å². The molecule has 0 spiro atoms. The van der Waals surface area contributed by atoms with E-state index < -0.39 is 10.0 Å². The van der Waals surface area contributed by atoms with E-state index in [1.807, 2.05) is 6.07 Å². The van der Waals surface area contributed by atoms with Crippen molar-refractivity contribution >= 4 is 56.1 Å². The molecule has 0 unspecified atom stereocenters. The van der Waals surface area contributed by atoms with Crippen LogP contribution < -0.4 is 29.3 Å². The van der Waals surface area contributed by atoms with Crippen LogP contribution in [0.4, 0.5) is 34.5 Å². The van der Waals surface area contributed by atoms with Gasteiger partial charge in [0.2, 0.25) is 16.0 Å². The first kappa shape index (κ1) is 29.5. The van der Waals surface area contributed by atoms with Crippen LogP contribution >= 0.6 is 11.6 Å². The van der Waals surface area contributed by atoms with Crippen molar-refractivity contribution in [2.75, 3.05) is 80.6 Å². The van der Waals surface area contributed by atoms with Gasteiger partial charge in [-0.3, -0.25) is 4.31 Å². The highest BCUT2D eigenvalue weighted by molar-refractivity contribution is 7.92. The molecule has 40 heavy (non-hydrogen) atoms. The highest BCUT2D eigenvalue weighted by atomic mass is 35.5. The van der Waals surface area contributed by atoms with Crippen LogP contribution in [0.2, 0.25) is 5.02 Å². The molecule has 1 aliphatic rings. The summed E-state index contributed by atoms with van der Waals surface area (Å²) in [5.41, 5.74) is 3.94. The molecular formula is C27H36ClN7O4S. The quantitative estimate of drug-likeness (QED) is 0.335. The Bertz CT molecular complexity index is 1470. The Hall–Kier alpha value is -3.48. The lowest BCUT2D eigenvalue weighted by Gasteiger charge is -2.27. The minimum Gasteiger partial charge on any atom is -0.486 e. The molecule has 3 aromatic rings. The van der Waals surface area contributed by atoms with Gasteiger partial charge in [0.05, 0.1) is 18.1 Å². The van der Waals surface area contributed by atoms with Crippen molar-refractivity contribution in [3.63, 3.8) is 0 Å². The number of benzene rings is 2. The van der Waals surface area contributed by atoms with Crippen molar-refractivity contribution in [2.24, 2.45) is 0 Å². The standard InChI is InChI=1S/C27H36ClN7O4S/c1-7-18-16-19(8-10-22(18)34(4)13-12-33(2)3)30-27-29-17-20(28)26(32-27)31-21-9-11-23-25(39-15-14-38-23)24(21)35(5)40(6,36)37/h8-11,16-17H,7,12-15H2,1-6H3,(H2,29,30,31,32). The molecule has 11 nitrogen and oxygen atoms in total. The van der Waals surface area contributed by atoms with Crippen molar-refractivity contribution in [1.29, 1.82) is 0 Å². The lowest BCUT2D eigenvalue weighted by atomic mass is 10.1. The summed E-state index contributed by atoms with van der Waals surface area (Å²) in [5.74, 6) is 1.42. The lowest BCUT2D eigenvalue weighted by molar-refractivity contribution is 0.172. The van der Waals surface area contributed by atoms with Gasteiger partial charge >= 0.3 is 0 Å². The molecule has 0 fully saturated rings. The predicted octanol–water partition coefficient (Wildman–Crippen LogP) is 4.34. The van der Waals surface area contributed by atoms with Crippen molar-refractivity contribution in [3.8, 4) is 11.5 Å². The van der Waals surface area contributed by atoms with Gasteiger partial charge < -0.3 is 29.9 Å². The van der Waals surface area contributed by atoms with Crippen LogP contribution in [0.15, 0.2) is 36.5 Å². The molecular weight excluding hydrogens is 554 g/mol. The van der Waals surface area contributed by atoms with Crippen LogP contribution in [-0.2, 0) is 16.4 Å². The van der Waals surface area contributed by atoms with E-state index in [-0.39, 0.29) is 5.02 Å².